The molecule has 1 atom stereocenters. The summed E-state index contributed by atoms with van der Waals surface area (Å²) < 4.78 is 0.891. The monoisotopic (exact) mass is 339 g/mol. The van der Waals surface area contributed by atoms with Crippen LogP contribution < -0.4 is 10.6 Å². The van der Waals surface area contributed by atoms with Crippen molar-refractivity contribution in [1.29, 1.82) is 0 Å². The Kier molecular flexibility index (Phi) is 5.43. The minimum atomic E-state index is -0.136. The Morgan fingerprint density at radius 2 is 2.00 bits per heavy atom. The molecule has 0 bridgehead atoms. The third kappa shape index (κ3) is 4.21. The average molecular weight is 340 g/mol. The molecule has 0 aliphatic carbocycles. The van der Waals surface area contributed by atoms with E-state index in [-0.39, 0.29) is 12.1 Å². The molecule has 1 aromatic carbocycles. The first-order chi connectivity index (χ1) is 9.56. The number of nitrogens with one attached hydrogen (secondary N) is 2. The highest BCUT2D eigenvalue weighted by Crippen LogP contribution is 2.22. The van der Waals surface area contributed by atoms with Crippen LogP contribution in [0.15, 0.2) is 28.7 Å². The standard InChI is InChI=1S/C15H22BrN3O/c1-11(12-7-9-19(2)10-8-12)17-15(20)18-14-6-4-3-5-13(14)16/h3-6,11-12H,7-10H2,1-2H3,(H2,17,18,20)/t11-/m0/s1. The van der Waals surface area contributed by atoms with Crippen molar-refractivity contribution in [3.05, 3.63) is 28.7 Å². The molecule has 1 aromatic rings. The van der Waals surface area contributed by atoms with Crippen LogP contribution in [0.1, 0.15) is 19.8 Å². The zero-order chi connectivity index (χ0) is 14.5. The fourth-order valence-electron chi connectivity index (χ4n) is 2.57. The Morgan fingerprint density at radius 3 is 2.65 bits per heavy atom. The summed E-state index contributed by atoms with van der Waals surface area (Å²) in [6.07, 6.45) is 2.29. The fourth-order valence-corrected chi connectivity index (χ4v) is 2.96. The van der Waals surface area contributed by atoms with Crippen molar-refractivity contribution in [3.8, 4) is 0 Å². The van der Waals surface area contributed by atoms with Gasteiger partial charge in [-0.2, -0.15) is 0 Å². The van der Waals surface area contributed by atoms with Gasteiger partial charge in [-0.15, -0.1) is 0 Å². The Labute approximate surface area is 129 Å². The summed E-state index contributed by atoms with van der Waals surface area (Å²) in [6, 6.07) is 7.68. The predicted octanol–water partition coefficient (Wildman–Crippen LogP) is 3.30. The van der Waals surface area contributed by atoms with E-state index in [2.05, 4.69) is 45.4 Å². The smallest absolute Gasteiger partial charge is 0.319 e. The van der Waals surface area contributed by atoms with Crippen LogP contribution in [0, 0.1) is 5.92 Å². The molecule has 0 aromatic heterocycles. The number of halogens is 1. The Bertz CT molecular complexity index is 458. The number of carbonyl (C=O) groups is 1. The van der Waals surface area contributed by atoms with E-state index in [9.17, 15) is 4.79 Å². The average Bonchev–Trinajstić information content (AvgIpc) is 2.42. The van der Waals surface area contributed by atoms with Crippen LogP contribution in [-0.4, -0.2) is 37.1 Å². The fraction of sp³-hybridized carbons (Fsp3) is 0.533. The second-order valence-corrected chi connectivity index (χ2v) is 6.36. The number of amides is 2. The molecule has 5 heteroatoms. The largest absolute Gasteiger partial charge is 0.335 e. The highest BCUT2D eigenvalue weighted by molar-refractivity contribution is 9.10. The molecule has 0 radical (unpaired) electrons. The number of carbonyl (C=O) groups excluding carboxylic acids is 1. The maximum atomic E-state index is 12.0. The number of nitrogens with zero attached hydrogens (tertiary/aromatic N) is 1. The van der Waals surface area contributed by atoms with Crippen molar-refractivity contribution in [1.82, 2.24) is 10.2 Å². The molecular formula is C15H22BrN3O. The van der Waals surface area contributed by atoms with Gasteiger partial charge in [0.05, 0.1) is 5.69 Å². The molecule has 2 amide bonds. The number of piperidine rings is 1. The number of anilines is 1. The van der Waals surface area contributed by atoms with Crippen molar-refractivity contribution < 1.29 is 4.79 Å². The number of hydrogen-bond donors (Lipinski definition) is 2. The van der Waals surface area contributed by atoms with Crippen LogP contribution in [0.4, 0.5) is 10.5 Å². The van der Waals surface area contributed by atoms with Gasteiger partial charge in [0, 0.05) is 10.5 Å². The molecule has 1 heterocycles. The van der Waals surface area contributed by atoms with Crippen LogP contribution in [0.3, 0.4) is 0 Å². The summed E-state index contributed by atoms with van der Waals surface area (Å²) in [7, 11) is 2.15. The minimum absolute atomic E-state index is 0.136. The van der Waals surface area contributed by atoms with E-state index in [0.29, 0.717) is 5.92 Å². The van der Waals surface area contributed by atoms with Gasteiger partial charge in [-0.25, -0.2) is 4.79 Å². The van der Waals surface area contributed by atoms with Gasteiger partial charge in [-0.1, -0.05) is 12.1 Å². The number of rotatable bonds is 3. The van der Waals surface area contributed by atoms with E-state index in [0.717, 1.165) is 36.1 Å². The maximum absolute atomic E-state index is 12.0. The third-order valence-corrected chi connectivity index (χ3v) is 4.64. The van der Waals surface area contributed by atoms with Crippen LogP contribution >= 0.6 is 15.9 Å². The van der Waals surface area contributed by atoms with Crippen molar-refractivity contribution >= 4 is 27.6 Å². The Balaban J connectivity index is 1.84. The topological polar surface area (TPSA) is 44.4 Å². The predicted molar refractivity (Wildman–Crippen MR) is 86.0 cm³/mol. The van der Waals surface area contributed by atoms with Crippen LogP contribution in [0.2, 0.25) is 0 Å². The first-order valence-corrected chi connectivity index (χ1v) is 7.86. The Hall–Kier alpha value is -1.07. The normalized spacial score (nSPS) is 18.6. The number of likely N-dealkylation sites (tertiary alicyclic amines) is 1. The summed E-state index contributed by atoms with van der Waals surface area (Å²) in [5.41, 5.74) is 0.792. The van der Waals surface area contributed by atoms with Crippen molar-refractivity contribution in [2.24, 2.45) is 5.92 Å². The molecule has 1 fully saturated rings. The van der Waals surface area contributed by atoms with Gasteiger partial charge >= 0.3 is 6.03 Å². The second kappa shape index (κ2) is 7.09. The van der Waals surface area contributed by atoms with E-state index < -0.39 is 0 Å². The number of urea groups is 1. The van der Waals surface area contributed by atoms with Gasteiger partial charge in [0.15, 0.2) is 0 Å². The second-order valence-electron chi connectivity index (χ2n) is 5.51. The van der Waals surface area contributed by atoms with E-state index in [1.54, 1.807) is 0 Å². The minimum Gasteiger partial charge on any atom is -0.335 e. The van der Waals surface area contributed by atoms with Gasteiger partial charge in [0.25, 0.3) is 0 Å². The lowest BCUT2D eigenvalue weighted by Crippen LogP contribution is -2.44. The molecule has 110 valence electrons. The molecule has 20 heavy (non-hydrogen) atoms. The highest BCUT2D eigenvalue weighted by atomic mass is 79.9. The quantitative estimate of drug-likeness (QED) is 0.887. The third-order valence-electron chi connectivity index (χ3n) is 3.95. The summed E-state index contributed by atoms with van der Waals surface area (Å²) in [6.45, 7) is 4.32. The maximum Gasteiger partial charge on any atom is 0.319 e. The van der Waals surface area contributed by atoms with E-state index in [1.165, 1.54) is 0 Å². The molecule has 0 saturated carbocycles. The van der Waals surface area contributed by atoms with Gasteiger partial charge in [0.1, 0.15) is 0 Å². The van der Waals surface area contributed by atoms with Crippen molar-refractivity contribution in [3.63, 3.8) is 0 Å². The molecule has 4 nitrogen and oxygen atoms in total. The molecular weight excluding hydrogens is 318 g/mol. The summed E-state index contributed by atoms with van der Waals surface area (Å²) >= 11 is 3.43. The first kappa shape index (κ1) is 15.3. The van der Waals surface area contributed by atoms with E-state index in [1.807, 2.05) is 24.3 Å². The van der Waals surface area contributed by atoms with Gasteiger partial charge in [-0.3, -0.25) is 0 Å². The van der Waals surface area contributed by atoms with Gasteiger partial charge < -0.3 is 15.5 Å². The van der Waals surface area contributed by atoms with Crippen molar-refractivity contribution in [2.45, 2.75) is 25.8 Å². The van der Waals surface area contributed by atoms with Gasteiger partial charge in [0.2, 0.25) is 0 Å². The number of para-hydroxylation sites is 1. The summed E-state index contributed by atoms with van der Waals surface area (Å²) in [5, 5.41) is 5.93. The zero-order valence-electron chi connectivity index (χ0n) is 12.0. The first-order valence-electron chi connectivity index (χ1n) is 7.07. The lowest BCUT2D eigenvalue weighted by Gasteiger charge is -2.33. The SMILES string of the molecule is C[C@H](NC(=O)Nc1ccccc1Br)C1CCN(C)CC1. The molecule has 0 unspecified atom stereocenters. The summed E-state index contributed by atoms with van der Waals surface area (Å²) in [5.74, 6) is 0.566. The Morgan fingerprint density at radius 1 is 1.35 bits per heavy atom. The van der Waals surface area contributed by atoms with Crippen LogP contribution in [0.5, 0.6) is 0 Å². The molecule has 2 rings (SSSR count). The summed E-state index contributed by atoms with van der Waals surface area (Å²) in [4.78, 5) is 14.4. The molecule has 1 aliphatic heterocycles. The van der Waals surface area contributed by atoms with Crippen LogP contribution in [0.25, 0.3) is 0 Å². The van der Waals surface area contributed by atoms with E-state index >= 15 is 0 Å². The lowest BCUT2D eigenvalue weighted by molar-refractivity contribution is 0.189. The highest BCUT2D eigenvalue weighted by Gasteiger charge is 2.23. The zero-order valence-corrected chi connectivity index (χ0v) is 13.6. The van der Waals surface area contributed by atoms with Gasteiger partial charge in [-0.05, 0) is 73.9 Å². The van der Waals surface area contributed by atoms with Crippen LogP contribution in [-0.2, 0) is 0 Å². The lowest BCUT2D eigenvalue weighted by atomic mass is 9.91. The molecule has 1 saturated heterocycles. The van der Waals surface area contributed by atoms with Crippen molar-refractivity contribution in [2.75, 3.05) is 25.5 Å². The number of hydrogen-bond acceptors (Lipinski definition) is 2. The van der Waals surface area contributed by atoms with E-state index in [4.69, 9.17) is 0 Å². The molecule has 1 aliphatic rings. The molecule has 0 spiro atoms. The molecule has 2 N–H and O–H groups in total. The number of benzene rings is 1.